The molecule has 122 valence electrons. The third-order valence-corrected chi connectivity index (χ3v) is 4.76. The molecule has 1 aromatic carbocycles. The normalized spacial score (nSPS) is 21.4. The molecule has 1 saturated heterocycles. The lowest BCUT2D eigenvalue weighted by Crippen LogP contribution is -3.16. The highest BCUT2D eigenvalue weighted by Gasteiger charge is 2.20. The molecule has 2 atom stereocenters. The van der Waals surface area contributed by atoms with Crippen molar-refractivity contribution in [1.82, 2.24) is 5.32 Å². The van der Waals surface area contributed by atoms with E-state index < -0.39 is 5.82 Å². The number of halogens is 2. The first-order valence-corrected chi connectivity index (χ1v) is 8.69. The Kier molecular flexibility index (Phi) is 6.86. The van der Waals surface area contributed by atoms with Crippen LogP contribution in [0, 0.1) is 5.82 Å². The Morgan fingerprint density at radius 2 is 2.27 bits per heavy atom. The van der Waals surface area contributed by atoms with E-state index in [4.69, 9.17) is 23.8 Å². The van der Waals surface area contributed by atoms with Gasteiger partial charge in [-0.3, -0.25) is 0 Å². The van der Waals surface area contributed by atoms with E-state index in [1.807, 2.05) is 0 Å². The highest BCUT2D eigenvalue weighted by molar-refractivity contribution is 7.80. The predicted molar refractivity (Wildman–Crippen MR) is 94.3 cm³/mol. The van der Waals surface area contributed by atoms with E-state index in [9.17, 15) is 4.39 Å². The summed E-state index contributed by atoms with van der Waals surface area (Å²) in [5.74, 6) is -0.426. The first-order chi connectivity index (χ1) is 10.6. The van der Waals surface area contributed by atoms with Crippen LogP contribution in [0.25, 0.3) is 0 Å². The highest BCUT2D eigenvalue weighted by Crippen LogP contribution is 2.19. The Bertz CT molecular complexity index is 512. The fourth-order valence-electron chi connectivity index (χ4n) is 2.89. The lowest BCUT2D eigenvalue weighted by atomic mass is 10.0. The lowest BCUT2D eigenvalue weighted by Gasteiger charge is -2.30. The molecule has 1 aliphatic rings. The van der Waals surface area contributed by atoms with Gasteiger partial charge in [-0.15, -0.1) is 0 Å². The SMILES string of the molecule is C[C@H]1CCCC[NH+]1CCCNC(=S)Nc1ccc(F)c(Cl)c1. The summed E-state index contributed by atoms with van der Waals surface area (Å²) in [4.78, 5) is 1.71. The second-order valence-electron chi connectivity index (χ2n) is 5.92. The summed E-state index contributed by atoms with van der Waals surface area (Å²) in [5.41, 5.74) is 0.694. The third kappa shape index (κ3) is 5.38. The van der Waals surface area contributed by atoms with Gasteiger partial charge in [0.2, 0.25) is 0 Å². The van der Waals surface area contributed by atoms with E-state index in [2.05, 4.69) is 17.6 Å². The van der Waals surface area contributed by atoms with Crippen molar-refractivity contribution in [1.29, 1.82) is 0 Å². The van der Waals surface area contributed by atoms with Crippen molar-refractivity contribution in [3.05, 3.63) is 29.0 Å². The van der Waals surface area contributed by atoms with Crippen LogP contribution >= 0.6 is 23.8 Å². The molecule has 0 aromatic heterocycles. The topological polar surface area (TPSA) is 28.5 Å². The summed E-state index contributed by atoms with van der Waals surface area (Å²) >= 11 is 11.0. The van der Waals surface area contributed by atoms with E-state index in [0.29, 0.717) is 10.8 Å². The van der Waals surface area contributed by atoms with Gasteiger partial charge in [0.25, 0.3) is 0 Å². The maximum atomic E-state index is 13.1. The Morgan fingerprint density at radius 1 is 1.45 bits per heavy atom. The first-order valence-electron chi connectivity index (χ1n) is 7.91. The molecule has 22 heavy (non-hydrogen) atoms. The van der Waals surface area contributed by atoms with Gasteiger partial charge in [-0.2, -0.15) is 0 Å². The quantitative estimate of drug-likeness (QED) is 0.566. The Labute approximate surface area is 142 Å². The molecular formula is C16H24ClFN3S+. The molecule has 3 N–H and O–H groups in total. The average Bonchev–Trinajstić information content (AvgIpc) is 2.49. The Hall–Kier alpha value is -0.910. The van der Waals surface area contributed by atoms with Crippen LogP contribution in [0.5, 0.6) is 0 Å². The monoisotopic (exact) mass is 344 g/mol. The maximum absolute atomic E-state index is 13.1. The molecule has 0 saturated carbocycles. The van der Waals surface area contributed by atoms with E-state index in [1.165, 1.54) is 44.5 Å². The van der Waals surface area contributed by atoms with Crippen LogP contribution in [0.3, 0.4) is 0 Å². The van der Waals surface area contributed by atoms with Crippen LogP contribution < -0.4 is 15.5 Å². The smallest absolute Gasteiger partial charge is 0.170 e. The molecule has 1 fully saturated rings. The minimum Gasteiger partial charge on any atom is -0.362 e. The van der Waals surface area contributed by atoms with Crippen molar-refractivity contribution in [3.8, 4) is 0 Å². The molecule has 1 unspecified atom stereocenters. The maximum Gasteiger partial charge on any atom is 0.170 e. The van der Waals surface area contributed by atoms with Crippen LogP contribution in [0.15, 0.2) is 18.2 Å². The van der Waals surface area contributed by atoms with Gasteiger partial charge in [0.05, 0.1) is 24.2 Å². The summed E-state index contributed by atoms with van der Waals surface area (Å²) in [7, 11) is 0. The van der Waals surface area contributed by atoms with E-state index in [-0.39, 0.29) is 5.02 Å². The molecule has 0 aliphatic carbocycles. The van der Waals surface area contributed by atoms with E-state index >= 15 is 0 Å². The van der Waals surface area contributed by atoms with Gasteiger partial charge in [0.15, 0.2) is 5.11 Å². The average molecular weight is 345 g/mol. The number of anilines is 1. The second-order valence-corrected chi connectivity index (χ2v) is 6.73. The van der Waals surface area contributed by atoms with Gasteiger partial charge >= 0.3 is 0 Å². The summed E-state index contributed by atoms with van der Waals surface area (Å²) in [6, 6.07) is 5.26. The zero-order valence-corrected chi connectivity index (χ0v) is 14.5. The van der Waals surface area contributed by atoms with Crippen LogP contribution in [-0.4, -0.2) is 30.8 Å². The largest absolute Gasteiger partial charge is 0.362 e. The van der Waals surface area contributed by atoms with Crippen molar-refractivity contribution in [2.24, 2.45) is 0 Å². The molecule has 0 spiro atoms. The Balaban J connectivity index is 1.66. The third-order valence-electron chi connectivity index (χ3n) is 4.22. The minimum atomic E-state index is -0.426. The molecule has 6 heteroatoms. The van der Waals surface area contributed by atoms with Crippen LogP contribution in [0.2, 0.25) is 5.02 Å². The van der Waals surface area contributed by atoms with Crippen LogP contribution in [-0.2, 0) is 0 Å². The second kappa shape index (κ2) is 8.65. The fraction of sp³-hybridized carbons (Fsp3) is 0.562. The number of piperidine rings is 1. The van der Waals surface area contributed by atoms with Gasteiger partial charge in [-0.05, 0) is 56.6 Å². The van der Waals surface area contributed by atoms with Crippen molar-refractivity contribution >= 4 is 34.6 Å². The standard InChI is InChI=1S/C16H23ClFN3S/c1-12-5-2-3-9-21(12)10-4-8-19-16(22)20-13-6-7-15(18)14(17)11-13/h6-7,11-12H,2-5,8-10H2,1H3,(H2,19,20,22)/p+1/t12-/m0/s1. The summed E-state index contributed by atoms with van der Waals surface area (Å²) < 4.78 is 13.1. The molecule has 2 rings (SSSR count). The zero-order chi connectivity index (χ0) is 15.9. The van der Waals surface area contributed by atoms with Crippen molar-refractivity contribution in [2.75, 3.05) is 25.0 Å². The molecule has 0 bridgehead atoms. The molecule has 1 heterocycles. The van der Waals surface area contributed by atoms with Crippen molar-refractivity contribution in [2.45, 2.75) is 38.6 Å². The summed E-state index contributed by atoms with van der Waals surface area (Å²) in [6.07, 6.45) is 5.15. The molecule has 0 radical (unpaired) electrons. The fourth-order valence-corrected chi connectivity index (χ4v) is 3.29. The Morgan fingerprint density at radius 3 is 3.00 bits per heavy atom. The van der Waals surface area contributed by atoms with Gasteiger partial charge in [-0.1, -0.05) is 11.6 Å². The summed E-state index contributed by atoms with van der Waals surface area (Å²) in [5, 5.41) is 6.85. The van der Waals surface area contributed by atoms with Crippen molar-refractivity contribution < 1.29 is 9.29 Å². The van der Waals surface area contributed by atoms with Crippen molar-refractivity contribution in [3.63, 3.8) is 0 Å². The number of likely N-dealkylation sites (tertiary alicyclic amines) is 1. The number of hydrogen-bond acceptors (Lipinski definition) is 1. The zero-order valence-electron chi connectivity index (χ0n) is 12.9. The molecule has 3 nitrogen and oxygen atoms in total. The molecule has 1 aliphatic heterocycles. The van der Waals surface area contributed by atoms with Gasteiger partial charge in [0, 0.05) is 18.7 Å². The number of nitrogens with one attached hydrogen (secondary N) is 3. The van der Waals surface area contributed by atoms with E-state index in [1.54, 1.807) is 11.0 Å². The van der Waals surface area contributed by atoms with Crippen LogP contribution in [0.1, 0.15) is 32.6 Å². The summed E-state index contributed by atoms with van der Waals surface area (Å²) in [6.45, 7) is 5.65. The number of benzene rings is 1. The number of thiocarbonyl (C=S) groups is 1. The first kappa shape index (κ1) is 17.4. The predicted octanol–water partition coefficient (Wildman–Crippen LogP) is 2.61. The van der Waals surface area contributed by atoms with Gasteiger partial charge < -0.3 is 15.5 Å². The van der Waals surface area contributed by atoms with Gasteiger partial charge in [-0.25, -0.2) is 4.39 Å². The number of hydrogen-bond donors (Lipinski definition) is 3. The van der Waals surface area contributed by atoms with Crippen LogP contribution in [0.4, 0.5) is 10.1 Å². The molecular weight excluding hydrogens is 321 g/mol. The lowest BCUT2D eigenvalue weighted by molar-refractivity contribution is -0.928. The van der Waals surface area contributed by atoms with E-state index in [0.717, 1.165) is 19.0 Å². The number of quaternary nitrogens is 1. The molecule has 0 amide bonds. The van der Waals surface area contributed by atoms with Gasteiger partial charge in [0.1, 0.15) is 5.82 Å². The molecule has 1 aromatic rings. The highest BCUT2D eigenvalue weighted by atomic mass is 35.5. The minimum absolute atomic E-state index is 0.0930. The number of rotatable bonds is 5.